The maximum atomic E-state index is 13.0. The van der Waals surface area contributed by atoms with Gasteiger partial charge in [0.2, 0.25) is 5.91 Å². The molecule has 0 fully saturated rings. The van der Waals surface area contributed by atoms with Gasteiger partial charge < -0.3 is 10.4 Å². The zero-order valence-electron chi connectivity index (χ0n) is 9.90. The van der Waals surface area contributed by atoms with Crippen molar-refractivity contribution in [3.8, 4) is 0 Å². The highest BCUT2D eigenvalue weighted by molar-refractivity contribution is 7.80. The first kappa shape index (κ1) is 15.4. The van der Waals surface area contributed by atoms with E-state index in [4.69, 9.17) is 5.11 Å². The highest BCUT2D eigenvalue weighted by Crippen LogP contribution is 2.14. The third-order valence-electron chi connectivity index (χ3n) is 2.41. The normalized spacial score (nSPS) is 11.9. The number of carbonyl (C=O) groups excluding carboxylic acids is 1. The zero-order chi connectivity index (χ0) is 14.4. The van der Waals surface area contributed by atoms with Gasteiger partial charge in [0, 0.05) is 11.8 Å². The lowest BCUT2D eigenvalue weighted by atomic mass is 10.00. The van der Waals surface area contributed by atoms with Crippen LogP contribution in [0.1, 0.15) is 5.56 Å². The molecule has 0 radical (unpaired) electrons. The van der Waals surface area contributed by atoms with Gasteiger partial charge in [-0.05, 0) is 24.1 Å². The number of hydrogen-bond acceptors (Lipinski definition) is 3. The molecule has 4 nitrogen and oxygen atoms in total. The quantitative estimate of drug-likeness (QED) is 0.691. The Balaban J connectivity index is 2.70. The van der Waals surface area contributed by atoms with Gasteiger partial charge in [0.25, 0.3) is 0 Å². The lowest BCUT2D eigenvalue weighted by Crippen LogP contribution is -2.36. The van der Waals surface area contributed by atoms with Gasteiger partial charge in [0.05, 0.1) is 5.92 Å². The van der Waals surface area contributed by atoms with Gasteiger partial charge in [-0.2, -0.15) is 12.6 Å². The van der Waals surface area contributed by atoms with Crippen LogP contribution >= 0.6 is 12.6 Å². The lowest BCUT2D eigenvalue weighted by Gasteiger charge is -2.14. The summed E-state index contributed by atoms with van der Waals surface area (Å²) < 4.78 is 26.0. The van der Waals surface area contributed by atoms with Crippen molar-refractivity contribution in [3.05, 3.63) is 35.4 Å². The molecule has 1 atom stereocenters. The Morgan fingerprint density at radius 2 is 1.84 bits per heavy atom. The minimum atomic E-state index is -1.16. The van der Waals surface area contributed by atoms with E-state index < -0.39 is 36.0 Å². The summed E-state index contributed by atoms with van der Waals surface area (Å²) in [4.78, 5) is 22.0. The van der Waals surface area contributed by atoms with E-state index in [1.54, 1.807) is 0 Å². The highest BCUT2D eigenvalue weighted by Gasteiger charge is 2.18. The summed E-state index contributed by atoms with van der Waals surface area (Å²) in [7, 11) is 0. The third-order valence-corrected chi connectivity index (χ3v) is 2.85. The molecule has 1 aromatic carbocycles. The first-order chi connectivity index (χ1) is 8.92. The molecule has 0 bridgehead atoms. The van der Waals surface area contributed by atoms with Crippen LogP contribution in [0.25, 0.3) is 0 Å². The Labute approximate surface area is 114 Å². The van der Waals surface area contributed by atoms with Crippen molar-refractivity contribution >= 4 is 24.5 Å². The van der Waals surface area contributed by atoms with Crippen LogP contribution in [0.5, 0.6) is 0 Å². The lowest BCUT2D eigenvalue weighted by molar-refractivity contribution is -0.138. The van der Waals surface area contributed by atoms with Crippen LogP contribution < -0.4 is 5.32 Å². The molecule has 0 aliphatic rings. The van der Waals surface area contributed by atoms with Crippen LogP contribution in [0.4, 0.5) is 8.78 Å². The predicted molar refractivity (Wildman–Crippen MR) is 68.1 cm³/mol. The third kappa shape index (κ3) is 5.25. The van der Waals surface area contributed by atoms with Gasteiger partial charge in [-0.15, -0.1) is 0 Å². The molecular formula is C12H13F2NO3S. The number of carboxylic acids is 1. The smallest absolute Gasteiger partial charge is 0.322 e. The summed E-state index contributed by atoms with van der Waals surface area (Å²) in [6, 6.07) is 3.00. The van der Waals surface area contributed by atoms with E-state index in [1.165, 1.54) is 0 Å². The van der Waals surface area contributed by atoms with E-state index in [0.717, 1.165) is 18.2 Å². The van der Waals surface area contributed by atoms with Crippen LogP contribution in [-0.4, -0.2) is 29.3 Å². The first-order valence-electron chi connectivity index (χ1n) is 5.47. The van der Waals surface area contributed by atoms with Gasteiger partial charge in [-0.3, -0.25) is 9.59 Å². The number of hydrogen-bond donors (Lipinski definition) is 3. The van der Waals surface area contributed by atoms with E-state index in [1.807, 2.05) is 0 Å². The molecule has 0 aliphatic carbocycles. The van der Waals surface area contributed by atoms with E-state index in [2.05, 4.69) is 17.9 Å². The largest absolute Gasteiger partial charge is 0.480 e. The Morgan fingerprint density at radius 3 is 2.32 bits per heavy atom. The van der Waals surface area contributed by atoms with Crippen molar-refractivity contribution in [3.63, 3.8) is 0 Å². The average molecular weight is 289 g/mol. The second kappa shape index (κ2) is 7.08. The Kier molecular flexibility index (Phi) is 5.75. The van der Waals surface area contributed by atoms with E-state index in [9.17, 15) is 18.4 Å². The Hall–Kier alpha value is -1.63. The van der Waals surface area contributed by atoms with Crippen molar-refractivity contribution in [2.45, 2.75) is 6.42 Å². The monoisotopic (exact) mass is 289 g/mol. The Bertz CT molecular complexity index is 462. The van der Waals surface area contributed by atoms with Crippen LogP contribution in [0, 0.1) is 17.6 Å². The van der Waals surface area contributed by atoms with Crippen LogP contribution in [0.3, 0.4) is 0 Å². The number of carbonyl (C=O) groups is 2. The molecule has 0 aliphatic heterocycles. The van der Waals surface area contributed by atoms with Crippen molar-refractivity contribution in [1.29, 1.82) is 0 Å². The van der Waals surface area contributed by atoms with Gasteiger partial charge in [-0.1, -0.05) is 0 Å². The molecule has 0 saturated heterocycles. The van der Waals surface area contributed by atoms with E-state index in [-0.39, 0.29) is 12.2 Å². The first-order valence-corrected chi connectivity index (χ1v) is 6.11. The number of benzene rings is 1. The maximum Gasteiger partial charge on any atom is 0.322 e. The fourth-order valence-corrected chi connectivity index (χ4v) is 1.86. The number of thiol groups is 1. The summed E-state index contributed by atoms with van der Waals surface area (Å²) in [5.74, 6) is -3.63. The fourth-order valence-electron chi connectivity index (χ4n) is 1.56. The van der Waals surface area contributed by atoms with Gasteiger partial charge in [-0.25, -0.2) is 8.78 Å². The van der Waals surface area contributed by atoms with Gasteiger partial charge in [0.1, 0.15) is 18.2 Å². The molecule has 1 unspecified atom stereocenters. The second-order valence-electron chi connectivity index (χ2n) is 3.97. The summed E-state index contributed by atoms with van der Waals surface area (Å²) >= 11 is 3.99. The minimum absolute atomic E-state index is 0.0869. The summed E-state index contributed by atoms with van der Waals surface area (Å²) in [5, 5.41) is 10.7. The van der Waals surface area contributed by atoms with Gasteiger partial charge >= 0.3 is 5.97 Å². The van der Waals surface area contributed by atoms with Crippen LogP contribution in [0.2, 0.25) is 0 Å². The minimum Gasteiger partial charge on any atom is -0.480 e. The zero-order valence-corrected chi connectivity index (χ0v) is 10.8. The van der Waals surface area contributed by atoms with E-state index >= 15 is 0 Å². The van der Waals surface area contributed by atoms with Crippen molar-refractivity contribution < 1.29 is 23.5 Å². The fraction of sp³-hybridized carbons (Fsp3) is 0.333. The average Bonchev–Trinajstić information content (AvgIpc) is 2.31. The van der Waals surface area contributed by atoms with Gasteiger partial charge in [0.15, 0.2) is 0 Å². The summed E-state index contributed by atoms with van der Waals surface area (Å²) in [6.07, 6.45) is 0.0869. The molecule has 0 aromatic heterocycles. The summed E-state index contributed by atoms with van der Waals surface area (Å²) in [6.45, 7) is -0.499. The summed E-state index contributed by atoms with van der Waals surface area (Å²) in [5.41, 5.74) is 0.321. The number of amides is 1. The second-order valence-corrected chi connectivity index (χ2v) is 4.34. The molecule has 1 rings (SSSR count). The SMILES string of the molecule is O=C(O)CNC(=O)C(CS)Cc1cc(F)cc(F)c1. The number of aliphatic carboxylic acids is 1. The van der Waals surface area contributed by atoms with Crippen molar-refractivity contribution in [1.82, 2.24) is 5.32 Å². The predicted octanol–water partition coefficient (Wildman–Crippen LogP) is 1.25. The highest BCUT2D eigenvalue weighted by atomic mass is 32.1. The van der Waals surface area contributed by atoms with Crippen LogP contribution in [-0.2, 0) is 16.0 Å². The van der Waals surface area contributed by atoms with Crippen molar-refractivity contribution in [2.75, 3.05) is 12.3 Å². The standard InChI is InChI=1S/C12H13F2NO3S/c13-9-2-7(3-10(14)4-9)1-8(6-19)12(18)15-5-11(16)17/h2-4,8,19H,1,5-6H2,(H,15,18)(H,16,17). The molecule has 0 heterocycles. The molecule has 7 heteroatoms. The maximum absolute atomic E-state index is 13.0. The molecule has 2 N–H and O–H groups in total. The topological polar surface area (TPSA) is 66.4 Å². The number of carboxylic acid groups (broad SMARTS) is 1. The van der Waals surface area contributed by atoms with Crippen molar-refractivity contribution in [2.24, 2.45) is 5.92 Å². The number of rotatable bonds is 6. The molecule has 0 saturated carbocycles. The molecule has 1 amide bonds. The molecule has 19 heavy (non-hydrogen) atoms. The Morgan fingerprint density at radius 1 is 1.26 bits per heavy atom. The van der Waals surface area contributed by atoms with E-state index in [0.29, 0.717) is 5.56 Å². The number of nitrogens with one attached hydrogen (secondary N) is 1. The number of halogens is 2. The molecule has 1 aromatic rings. The van der Waals surface area contributed by atoms with Crippen LogP contribution in [0.15, 0.2) is 18.2 Å². The molecule has 0 spiro atoms. The molecule has 104 valence electrons. The molecular weight excluding hydrogens is 276 g/mol.